The monoisotopic (exact) mass is 271 g/mol. The third-order valence-corrected chi connectivity index (χ3v) is 2.61. The van der Waals surface area contributed by atoms with Crippen LogP contribution < -0.4 is 10.5 Å². The summed E-state index contributed by atoms with van der Waals surface area (Å²) < 4.78 is 11.5. The van der Waals surface area contributed by atoms with E-state index >= 15 is 0 Å². The molecule has 18 heavy (non-hydrogen) atoms. The van der Waals surface area contributed by atoms with Crippen molar-refractivity contribution >= 4 is 11.6 Å². The van der Waals surface area contributed by atoms with Gasteiger partial charge < -0.3 is 15.2 Å². The lowest BCUT2D eigenvalue weighted by Crippen LogP contribution is -2.37. The Bertz CT molecular complexity index is 388. The van der Waals surface area contributed by atoms with Crippen molar-refractivity contribution in [3.63, 3.8) is 0 Å². The summed E-state index contributed by atoms with van der Waals surface area (Å²) >= 11 is 6.06. The minimum Gasteiger partial charge on any atom is -0.489 e. The number of ether oxygens (including phenoxy) is 2. The zero-order valence-electron chi connectivity index (χ0n) is 11.5. The average molecular weight is 272 g/mol. The van der Waals surface area contributed by atoms with Crippen LogP contribution in [0, 0.1) is 6.92 Å². The van der Waals surface area contributed by atoms with E-state index in [2.05, 4.69) is 0 Å². The molecule has 3 nitrogen and oxygen atoms in total. The van der Waals surface area contributed by atoms with Gasteiger partial charge in [0, 0.05) is 6.54 Å². The van der Waals surface area contributed by atoms with Crippen LogP contribution >= 0.6 is 11.6 Å². The van der Waals surface area contributed by atoms with E-state index in [9.17, 15) is 0 Å². The molecule has 0 radical (unpaired) electrons. The number of aryl methyl sites for hydroxylation is 1. The Balaban J connectivity index is 2.60. The number of nitrogens with two attached hydrogens (primary N) is 1. The fourth-order valence-corrected chi connectivity index (χ4v) is 1.73. The molecule has 0 amide bonds. The maximum Gasteiger partial charge on any atom is 0.138 e. The lowest BCUT2D eigenvalue weighted by atomic mass is 10.2. The molecule has 1 rings (SSSR count). The lowest BCUT2D eigenvalue weighted by Gasteiger charge is -2.26. The summed E-state index contributed by atoms with van der Waals surface area (Å²) in [7, 11) is 0. The normalized spacial score (nSPS) is 13.4. The molecule has 0 fully saturated rings. The van der Waals surface area contributed by atoms with Gasteiger partial charge in [0.15, 0.2) is 0 Å². The molecule has 2 N–H and O–H groups in total. The predicted molar refractivity (Wildman–Crippen MR) is 75.4 cm³/mol. The summed E-state index contributed by atoms with van der Waals surface area (Å²) in [5.41, 5.74) is 6.55. The number of halogens is 1. The van der Waals surface area contributed by atoms with Crippen LogP contribution in [0.15, 0.2) is 18.2 Å². The minimum atomic E-state index is -0.232. The van der Waals surface area contributed by atoms with Crippen LogP contribution in [0.2, 0.25) is 5.02 Å². The van der Waals surface area contributed by atoms with Gasteiger partial charge in [-0.15, -0.1) is 0 Å². The topological polar surface area (TPSA) is 44.5 Å². The van der Waals surface area contributed by atoms with Crippen LogP contribution in [0.3, 0.4) is 0 Å². The standard InChI is InChI=1S/C14H22ClNO2/c1-10-5-6-12(15)13(7-10)17-9-11(8-16)18-14(2,3)4/h5-7,11H,8-9,16H2,1-4H3. The molecule has 0 aromatic heterocycles. The van der Waals surface area contributed by atoms with Crippen molar-refractivity contribution in [1.82, 2.24) is 0 Å². The molecule has 0 aliphatic heterocycles. The quantitative estimate of drug-likeness (QED) is 0.895. The summed E-state index contributed by atoms with van der Waals surface area (Å²) in [6.07, 6.45) is -0.137. The molecule has 0 saturated carbocycles. The molecule has 102 valence electrons. The Morgan fingerprint density at radius 1 is 1.33 bits per heavy atom. The zero-order chi connectivity index (χ0) is 13.8. The van der Waals surface area contributed by atoms with E-state index in [0.29, 0.717) is 23.9 Å². The molecule has 0 aliphatic rings. The Morgan fingerprint density at radius 3 is 2.56 bits per heavy atom. The van der Waals surface area contributed by atoms with Crippen LogP contribution in [0.5, 0.6) is 5.75 Å². The first-order valence-corrected chi connectivity index (χ1v) is 6.46. The first-order chi connectivity index (χ1) is 8.31. The summed E-state index contributed by atoms with van der Waals surface area (Å²) in [5, 5.41) is 0.604. The summed E-state index contributed by atoms with van der Waals surface area (Å²) in [5.74, 6) is 0.674. The highest BCUT2D eigenvalue weighted by Crippen LogP contribution is 2.25. The highest BCUT2D eigenvalue weighted by molar-refractivity contribution is 6.32. The predicted octanol–water partition coefficient (Wildman–Crippen LogP) is 3.17. The van der Waals surface area contributed by atoms with E-state index < -0.39 is 0 Å². The SMILES string of the molecule is Cc1ccc(Cl)c(OCC(CN)OC(C)(C)C)c1. The number of hydrogen-bond acceptors (Lipinski definition) is 3. The summed E-state index contributed by atoms with van der Waals surface area (Å²) in [6.45, 7) is 8.80. The fourth-order valence-electron chi connectivity index (χ4n) is 1.55. The van der Waals surface area contributed by atoms with E-state index in [1.165, 1.54) is 0 Å². The molecular formula is C14H22ClNO2. The highest BCUT2D eigenvalue weighted by atomic mass is 35.5. The highest BCUT2D eigenvalue weighted by Gasteiger charge is 2.18. The molecular weight excluding hydrogens is 250 g/mol. The molecule has 1 aromatic rings. The van der Waals surface area contributed by atoms with Gasteiger partial charge in [0.2, 0.25) is 0 Å². The third-order valence-electron chi connectivity index (χ3n) is 2.29. The van der Waals surface area contributed by atoms with Crippen molar-refractivity contribution in [3.05, 3.63) is 28.8 Å². The molecule has 0 saturated heterocycles. The Morgan fingerprint density at radius 2 is 2.00 bits per heavy atom. The minimum absolute atomic E-state index is 0.137. The van der Waals surface area contributed by atoms with Gasteiger partial charge in [0.05, 0.1) is 10.6 Å². The van der Waals surface area contributed by atoms with Crippen LogP contribution in [0.25, 0.3) is 0 Å². The number of hydrogen-bond donors (Lipinski definition) is 1. The summed E-state index contributed by atoms with van der Waals surface area (Å²) in [6, 6.07) is 5.68. The van der Waals surface area contributed by atoms with Gasteiger partial charge in [-0.25, -0.2) is 0 Å². The van der Waals surface area contributed by atoms with E-state index in [0.717, 1.165) is 5.56 Å². The van der Waals surface area contributed by atoms with E-state index in [1.807, 2.05) is 45.9 Å². The maximum absolute atomic E-state index is 6.06. The van der Waals surface area contributed by atoms with Gasteiger partial charge in [-0.05, 0) is 45.4 Å². The smallest absolute Gasteiger partial charge is 0.138 e. The molecule has 1 atom stereocenters. The van der Waals surface area contributed by atoms with Gasteiger partial charge in [-0.2, -0.15) is 0 Å². The lowest BCUT2D eigenvalue weighted by molar-refractivity contribution is -0.0711. The largest absolute Gasteiger partial charge is 0.489 e. The molecule has 0 aliphatic carbocycles. The summed E-state index contributed by atoms with van der Waals surface area (Å²) in [4.78, 5) is 0. The van der Waals surface area contributed by atoms with Gasteiger partial charge in [0.25, 0.3) is 0 Å². The van der Waals surface area contributed by atoms with Crippen molar-refractivity contribution in [2.24, 2.45) is 5.73 Å². The fraction of sp³-hybridized carbons (Fsp3) is 0.571. The van der Waals surface area contributed by atoms with Crippen LogP contribution in [-0.2, 0) is 4.74 Å². The molecule has 1 unspecified atom stereocenters. The molecule has 4 heteroatoms. The first kappa shape index (κ1) is 15.3. The Labute approximate surface area is 114 Å². The average Bonchev–Trinajstić information content (AvgIpc) is 2.27. The van der Waals surface area contributed by atoms with Gasteiger partial charge >= 0.3 is 0 Å². The van der Waals surface area contributed by atoms with Crippen molar-refractivity contribution in [2.75, 3.05) is 13.2 Å². The van der Waals surface area contributed by atoms with E-state index in [-0.39, 0.29) is 11.7 Å². The second-order valence-electron chi connectivity index (χ2n) is 5.33. The first-order valence-electron chi connectivity index (χ1n) is 6.08. The van der Waals surface area contributed by atoms with E-state index in [1.54, 1.807) is 0 Å². The Hall–Kier alpha value is -0.770. The zero-order valence-corrected chi connectivity index (χ0v) is 12.3. The van der Waals surface area contributed by atoms with Crippen LogP contribution in [-0.4, -0.2) is 24.9 Å². The van der Waals surface area contributed by atoms with Crippen LogP contribution in [0.1, 0.15) is 26.3 Å². The van der Waals surface area contributed by atoms with Crippen molar-refractivity contribution in [1.29, 1.82) is 0 Å². The van der Waals surface area contributed by atoms with Crippen molar-refractivity contribution in [2.45, 2.75) is 39.4 Å². The van der Waals surface area contributed by atoms with Gasteiger partial charge in [0.1, 0.15) is 18.5 Å². The molecule has 0 heterocycles. The maximum atomic E-state index is 6.06. The van der Waals surface area contributed by atoms with Gasteiger partial charge in [-0.3, -0.25) is 0 Å². The second kappa shape index (κ2) is 6.41. The number of rotatable bonds is 5. The Kier molecular flexibility index (Phi) is 5.45. The second-order valence-corrected chi connectivity index (χ2v) is 5.74. The molecule has 0 bridgehead atoms. The van der Waals surface area contributed by atoms with Crippen LogP contribution in [0.4, 0.5) is 0 Å². The van der Waals surface area contributed by atoms with Crippen molar-refractivity contribution in [3.8, 4) is 5.75 Å². The molecule has 0 spiro atoms. The number of benzene rings is 1. The third kappa shape index (κ3) is 5.25. The molecule has 1 aromatic carbocycles. The van der Waals surface area contributed by atoms with Crippen molar-refractivity contribution < 1.29 is 9.47 Å². The van der Waals surface area contributed by atoms with E-state index in [4.69, 9.17) is 26.8 Å². The van der Waals surface area contributed by atoms with Gasteiger partial charge in [-0.1, -0.05) is 17.7 Å².